The Hall–Kier alpha value is -3.62. The topological polar surface area (TPSA) is 83.8 Å². The number of anilines is 2. The van der Waals surface area contributed by atoms with Crippen LogP contribution < -0.4 is 15.4 Å². The fourth-order valence-electron chi connectivity index (χ4n) is 3.59. The van der Waals surface area contributed by atoms with E-state index >= 15 is 0 Å². The van der Waals surface area contributed by atoms with Gasteiger partial charge in [0.1, 0.15) is 5.75 Å². The van der Waals surface area contributed by atoms with Gasteiger partial charge in [0.2, 0.25) is 0 Å². The number of rotatable bonds is 9. The van der Waals surface area contributed by atoms with Gasteiger partial charge in [-0.1, -0.05) is 11.6 Å². The molecule has 2 aromatic heterocycles. The summed E-state index contributed by atoms with van der Waals surface area (Å²) >= 11 is 6.31. The predicted molar refractivity (Wildman–Crippen MR) is 135 cm³/mol. The van der Waals surface area contributed by atoms with Crippen molar-refractivity contribution in [2.24, 2.45) is 0 Å². The van der Waals surface area contributed by atoms with Gasteiger partial charge < -0.3 is 20.3 Å². The third kappa shape index (κ3) is 5.30. The van der Waals surface area contributed by atoms with E-state index in [2.05, 4.69) is 25.5 Å². The van der Waals surface area contributed by atoms with Crippen molar-refractivity contribution in [2.75, 3.05) is 39.6 Å². The molecule has 4 aromatic rings. The van der Waals surface area contributed by atoms with Crippen molar-refractivity contribution in [3.63, 3.8) is 0 Å². The van der Waals surface area contributed by atoms with E-state index in [1.54, 1.807) is 31.6 Å². The first-order valence-electron chi connectivity index (χ1n) is 10.9. The van der Waals surface area contributed by atoms with E-state index in [0.29, 0.717) is 34.3 Å². The molecule has 0 atom stereocenters. The molecule has 2 N–H and O–H groups in total. The molecule has 0 aliphatic heterocycles. The van der Waals surface area contributed by atoms with E-state index in [4.69, 9.17) is 16.3 Å². The Morgan fingerprint density at radius 1 is 1.15 bits per heavy atom. The highest BCUT2D eigenvalue weighted by molar-refractivity contribution is 6.32. The summed E-state index contributed by atoms with van der Waals surface area (Å²) < 4.78 is 7.19. The Morgan fingerprint density at radius 3 is 2.65 bits per heavy atom. The Bertz CT molecular complexity index is 1290. The summed E-state index contributed by atoms with van der Waals surface area (Å²) in [6, 6.07) is 12.9. The number of nitrogens with zero attached hydrogens (tertiary/aromatic N) is 4. The van der Waals surface area contributed by atoms with Crippen LogP contribution in [0.5, 0.6) is 5.75 Å². The number of amides is 1. The summed E-state index contributed by atoms with van der Waals surface area (Å²) in [5.41, 5.74) is 3.89. The number of methoxy groups -OCH3 is 1. The Kier molecular flexibility index (Phi) is 7.30. The zero-order valence-electron chi connectivity index (χ0n) is 19.4. The van der Waals surface area contributed by atoms with Crippen LogP contribution >= 0.6 is 11.6 Å². The number of halogens is 1. The van der Waals surface area contributed by atoms with Crippen molar-refractivity contribution >= 4 is 34.7 Å². The van der Waals surface area contributed by atoms with E-state index in [1.807, 2.05) is 55.0 Å². The van der Waals surface area contributed by atoms with Gasteiger partial charge in [-0.05, 0) is 69.5 Å². The molecule has 0 saturated carbocycles. The van der Waals surface area contributed by atoms with Gasteiger partial charge >= 0.3 is 0 Å². The van der Waals surface area contributed by atoms with Crippen molar-refractivity contribution < 1.29 is 9.53 Å². The molecule has 2 heterocycles. The number of carbonyl (C=O) groups excluding carboxylic acids is 1. The molecule has 0 radical (unpaired) electrons. The molecule has 8 nitrogen and oxygen atoms in total. The first-order chi connectivity index (χ1) is 16.5. The maximum Gasteiger partial charge on any atom is 0.251 e. The number of carbonyl (C=O) groups is 1. The van der Waals surface area contributed by atoms with Crippen molar-refractivity contribution in [3.8, 4) is 17.0 Å². The number of aromatic nitrogens is 3. The Labute approximate surface area is 203 Å². The third-order valence-electron chi connectivity index (χ3n) is 5.35. The van der Waals surface area contributed by atoms with Crippen LogP contribution in [0, 0.1) is 0 Å². The fraction of sp³-hybridized carbons (Fsp3) is 0.240. The minimum Gasteiger partial charge on any atom is -0.495 e. The number of imidazole rings is 1. The predicted octanol–water partition coefficient (Wildman–Crippen LogP) is 4.48. The second kappa shape index (κ2) is 10.5. The minimum absolute atomic E-state index is 0.0819. The summed E-state index contributed by atoms with van der Waals surface area (Å²) in [5.74, 6) is 1.14. The minimum atomic E-state index is -0.0819. The number of fused-ring (bicyclic) bond motifs is 1. The van der Waals surface area contributed by atoms with Crippen molar-refractivity contribution in [1.82, 2.24) is 24.6 Å². The van der Waals surface area contributed by atoms with Crippen LogP contribution in [-0.2, 0) is 0 Å². The third-order valence-corrected chi connectivity index (χ3v) is 5.65. The van der Waals surface area contributed by atoms with Gasteiger partial charge in [-0.15, -0.1) is 0 Å². The lowest BCUT2D eigenvalue weighted by Crippen LogP contribution is -2.27. The molecule has 0 bridgehead atoms. The molecule has 34 heavy (non-hydrogen) atoms. The second-order valence-electron chi connectivity index (χ2n) is 8.08. The zero-order chi connectivity index (χ0) is 24.1. The fourth-order valence-corrected chi connectivity index (χ4v) is 3.85. The van der Waals surface area contributed by atoms with Crippen molar-refractivity contribution in [2.45, 2.75) is 6.42 Å². The molecule has 9 heteroatoms. The monoisotopic (exact) mass is 478 g/mol. The number of nitrogens with one attached hydrogen (secondary N) is 2. The lowest BCUT2D eigenvalue weighted by Gasteiger charge is -2.11. The standard InChI is InChI=1S/C25H27ClN6O2/c1-31(2)13-4-11-28-25(33)17-5-8-19(9-6-17)30-23-24-29-16-21(32(24)14-12-27-23)18-7-10-22(34-3)20(26)15-18/h5-10,12,14-16H,4,11,13H2,1-3H3,(H,27,30)(H,28,33). The van der Waals surface area contributed by atoms with Gasteiger partial charge in [0.25, 0.3) is 5.91 Å². The van der Waals surface area contributed by atoms with Gasteiger partial charge in [0.05, 0.1) is 24.0 Å². The average molecular weight is 479 g/mol. The van der Waals surface area contributed by atoms with Crippen LogP contribution in [0.15, 0.2) is 61.1 Å². The summed E-state index contributed by atoms with van der Waals surface area (Å²) in [7, 11) is 5.62. The highest BCUT2D eigenvalue weighted by atomic mass is 35.5. The number of ether oxygens (including phenoxy) is 1. The largest absolute Gasteiger partial charge is 0.495 e. The maximum absolute atomic E-state index is 12.3. The molecular formula is C25H27ClN6O2. The van der Waals surface area contributed by atoms with E-state index in [-0.39, 0.29) is 5.91 Å². The lowest BCUT2D eigenvalue weighted by atomic mass is 10.1. The molecule has 4 rings (SSSR count). The highest BCUT2D eigenvalue weighted by Crippen LogP contribution is 2.31. The molecule has 0 aliphatic rings. The molecule has 0 fully saturated rings. The molecule has 176 valence electrons. The summed E-state index contributed by atoms with van der Waals surface area (Å²) in [4.78, 5) is 23.5. The summed E-state index contributed by atoms with van der Waals surface area (Å²) in [6.45, 7) is 1.58. The molecule has 0 saturated heterocycles. The molecule has 2 aromatic carbocycles. The Morgan fingerprint density at radius 2 is 1.94 bits per heavy atom. The van der Waals surface area contributed by atoms with Crippen LogP contribution in [0.3, 0.4) is 0 Å². The molecule has 0 unspecified atom stereocenters. The first kappa shape index (κ1) is 23.5. The smallest absolute Gasteiger partial charge is 0.251 e. The summed E-state index contributed by atoms with van der Waals surface area (Å²) in [5, 5.41) is 6.77. The first-order valence-corrected chi connectivity index (χ1v) is 11.3. The van der Waals surface area contributed by atoms with Crippen molar-refractivity contribution in [1.29, 1.82) is 0 Å². The molecule has 1 amide bonds. The van der Waals surface area contributed by atoms with Crippen molar-refractivity contribution in [3.05, 3.63) is 71.6 Å². The summed E-state index contributed by atoms with van der Waals surface area (Å²) in [6.07, 6.45) is 6.25. The van der Waals surface area contributed by atoms with Crippen LogP contribution in [0.4, 0.5) is 11.5 Å². The van der Waals surface area contributed by atoms with Crippen LogP contribution in [0.25, 0.3) is 16.9 Å². The van der Waals surface area contributed by atoms with E-state index in [1.165, 1.54) is 0 Å². The molecule has 0 spiro atoms. The zero-order valence-corrected chi connectivity index (χ0v) is 20.1. The number of benzene rings is 2. The van der Waals surface area contributed by atoms with Gasteiger partial charge in [0.15, 0.2) is 11.5 Å². The van der Waals surface area contributed by atoms with Gasteiger partial charge in [-0.2, -0.15) is 0 Å². The molecular weight excluding hydrogens is 452 g/mol. The number of hydrogen-bond acceptors (Lipinski definition) is 6. The van der Waals surface area contributed by atoms with Crippen LogP contribution in [0.1, 0.15) is 16.8 Å². The second-order valence-corrected chi connectivity index (χ2v) is 8.48. The highest BCUT2D eigenvalue weighted by Gasteiger charge is 2.13. The SMILES string of the molecule is COc1ccc(-c2cnc3c(Nc4ccc(C(=O)NCCCN(C)C)cc4)nccn23)cc1Cl. The van der Waals surface area contributed by atoms with E-state index < -0.39 is 0 Å². The van der Waals surface area contributed by atoms with Gasteiger partial charge in [-0.3, -0.25) is 9.20 Å². The van der Waals surface area contributed by atoms with Gasteiger partial charge in [0, 0.05) is 35.8 Å². The lowest BCUT2D eigenvalue weighted by molar-refractivity contribution is 0.0952. The molecule has 0 aliphatic carbocycles. The van der Waals surface area contributed by atoms with E-state index in [9.17, 15) is 4.79 Å². The van der Waals surface area contributed by atoms with E-state index in [0.717, 1.165) is 29.9 Å². The normalized spacial score (nSPS) is 11.1. The van der Waals surface area contributed by atoms with Crippen LogP contribution in [-0.4, -0.2) is 59.5 Å². The quantitative estimate of drug-likeness (QED) is 0.345. The Balaban J connectivity index is 1.49. The van der Waals surface area contributed by atoms with Crippen LogP contribution in [0.2, 0.25) is 5.02 Å². The average Bonchev–Trinajstić information content (AvgIpc) is 3.27. The van der Waals surface area contributed by atoms with Gasteiger partial charge in [-0.25, -0.2) is 9.97 Å². The number of hydrogen-bond donors (Lipinski definition) is 2. The maximum atomic E-state index is 12.3.